The van der Waals surface area contributed by atoms with Crippen LogP contribution in [0.2, 0.25) is 0 Å². The van der Waals surface area contributed by atoms with Gasteiger partial charge < -0.3 is 28.5 Å². The molecule has 1 aliphatic rings. The van der Waals surface area contributed by atoms with E-state index in [-0.39, 0.29) is 51.7 Å². The summed E-state index contributed by atoms with van der Waals surface area (Å²) in [6.07, 6.45) is -4.07. The van der Waals surface area contributed by atoms with Crippen molar-refractivity contribution in [2.75, 3.05) is 19.8 Å². The van der Waals surface area contributed by atoms with Gasteiger partial charge in [-0.05, 0) is 51.7 Å². The number of unbranched alkanes of at least 4 members (excludes halogenated alkanes) is 2. The first-order valence-electron chi connectivity index (χ1n) is 17.7. The molecule has 0 aliphatic carbocycles. The maximum Gasteiger partial charge on any atom is 0.477 e. The number of carbonyl (C=O) groups excluding carboxylic acids is 3. The lowest BCUT2D eigenvalue weighted by atomic mass is 9.95. The third-order valence-corrected chi connectivity index (χ3v) is 9.27. The fourth-order valence-corrected chi connectivity index (χ4v) is 6.17. The molecule has 3 rings (SSSR count). The van der Waals surface area contributed by atoms with Crippen LogP contribution in [-0.2, 0) is 69.4 Å². The van der Waals surface area contributed by atoms with Crippen LogP contribution in [0.15, 0.2) is 60.7 Å². The van der Waals surface area contributed by atoms with E-state index in [1.807, 2.05) is 74.5 Å². The van der Waals surface area contributed by atoms with Crippen molar-refractivity contribution in [1.29, 1.82) is 0 Å². The Hall–Kier alpha value is -2.96. The molecule has 0 saturated carbocycles. The number of rotatable bonds is 22. The molecule has 12 nitrogen and oxygen atoms in total. The van der Waals surface area contributed by atoms with Crippen molar-refractivity contribution in [1.82, 2.24) is 0 Å². The predicted octanol–water partition coefficient (Wildman–Crippen LogP) is 7.51. The van der Waals surface area contributed by atoms with Crippen molar-refractivity contribution in [3.63, 3.8) is 0 Å². The normalized spacial score (nSPS) is 20.9. The van der Waals surface area contributed by atoms with E-state index in [2.05, 4.69) is 0 Å². The molecule has 0 spiro atoms. The van der Waals surface area contributed by atoms with Crippen LogP contribution < -0.4 is 0 Å². The zero-order chi connectivity index (χ0) is 37.3. The fourth-order valence-electron chi connectivity index (χ4n) is 4.85. The molecule has 51 heavy (non-hydrogen) atoms. The van der Waals surface area contributed by atoms with Gasteiger partial charge in [-0.15, -0.1) is 0 Å². The highest BCUT2D eigenvalue weighted by atomic mass is 31.2. The average Bonchev–Trinajstić information content (AvgIpc) is 3.09. The van der Waals surface area contributed by atoms with Gasteiger partial charge in [-0.25, -0.2) is 4.57 Å². The zero-order valence-electron chi connectivity index (χ0n) is 30.8. The number of ketones is 1. The van der Waals surface area contributed by atoms with E-state index in [1.54, 1.807) is 20.8 Å². The smallest absolute Gasteiger partial charge is 0.455 e. The fraction of sp³-hybridized carbons (Fsp3) is 0.605. The number of phosphoric acid groups is 1. The number of phosphoric ester groups is 1. The van der Waals surface area contributed by atoms with E-state index in [0.717, 1.165) is 24.0 Å². The summed E-state index contributed by atoms with van der Waals surface area (Å²) < 4.78 is 62.7. The number of carbonyl (C=O) groups is 3. The summed E-state index contributed by atoms with van der Waals surface area (Å²) in [5, 5.41) is 0. The van der Waals surface area contributed by atoms with Crippen LogP contribution in [0.25, 0.3) is 0 Å². The largest absolute Gasteiger partial charge is 0.477 e. The van der Waals surface area contributed by atoms with Gasteiger partial charge >= 0.3 is 19.8 Å². The van der Waals surface area contributed by atoms with Gasteiger partial charge in [0.1, 0.15) is 18.0 Å². The lowest BCUT2D eigenvalue weighted by molar-refractivity contribution is -0.301. The molecule has 5 atom stereocenters. The highest BCUT2D eigenvalue weighted by Crippen LogP contribution is 2.53. The van der Waals surface area contributed by atoms with Crippen LogP contribution in [0.5, 0.6) is 0 Å². The Morgan fingerprint density at radius 2 is 1.33 bits per heavy atom. The van der Waals surface area contributed by atoms with Gasteiger partial charge in [0, 0.05) is 6.42 Å². The summed E-state index contributed by atoms with van der Waals surface area (Å²) in [6, 6.07) is 18.9. The van der Waals surface area contributed by atoms with Crippen LogP contribution in [0.3, 0.4) is 0 Å². The molecule has 0 N–H and O–H groups in total. The van der Waals surface area contributed by atoms with Gasteiger partial charge in [0.2, 0.25) is 6.29 Å². The van der Waals surface area contributed by atoms with Crippen molar-refractivity contribution >= 4 is 25.5 Å². The van der Waals surface area contributed by atoms with Crippen LogP contribution in [0.1, 0.15) is 91.2 Å². The molecule has 0 radical (unpaired) electrons. The Kier molecular flexibility index (Phi) is 17.9. The Labute approximate surface area is 302 Å². The van der Waals surface area contributed by atoms with Crippen LogP contribution in [0, 0.1) is 5.41 Å². The number of ether oxygens (including phenoxy) is 5. The highest BCUT2D eigenvalue weighted by Gasteiger charge is 2.54. The first-order chi connectivity index (χ1) is 24.3. The first kappa shape index (κ1) is 42.5. The molecule has 1 heterocycles. The minimum atomic E-state index is -4.32. The van der Waals surface area contributed by atoms with Gasteiger partial charge in [-0.3, -0.25) is 23.2 Å². The molecule has 1 aliphatic heterocycles. The summed E-state index contributed by atoms with van der Waals surface area (Å²) in [5.74, 6) is -1.59. The second kappa shape index (κ2) is 21.5. The third kappa shape index (κ3) is 14.9. The highest BCUT2D eigenvalue weighted by molar-refractivity contribution is 7.48. The van der Waals surface area contributed by atoms with E-state index < -0.39 is 55.9 Å². The Morgan fingerprint density at radius 3 is 1.86 bits per heavy atom. The Morgan fingerprint density at radius 1 is 0.765 bits per heavy atom. The van der Waals surface area contributed by atoms with E-state index in [0.29, 0.717) is 12.8 Å². The number of Topliss-reactive ketones (excluding diaryl/α,β-unsaturated/α-hetero) is 1. The summed E-state index contributed by atoms with van der Waals surface area (Å²) in [4.78, 5) is 38.6. The summed E-state index contributed by atoms with van der Waals surface area (Å²) in [5.41, 5.74) is 0.732. The maximum atomic E-state index is 14.2. The standard InChI is InChI=1S/C38H55O12P/c1-7-9-23-45-51(42,46-24-10-8-2)50-36-35(49-37(41)38(4,5)6)34(48-32(40)22-21-28(3)39)33(44-26-30-19-15-12-16-20-30)31(47-36)27-43-25-29-17-13-11-14-18-29/h11-20,31,33-36H,7-10,21-27H2,1-6H3/t31-,33+,34+,35-,36+/m1/s1. The van der Waals surface area contributed by atoms with Crippen LogP contribution in [0.4, 0.5) is 0 Å². The molecule has 0 aromatic heterocycles. The van der Waals surface area contributed by atoms with E-state index in [1.165, 1.54) is 6.92 Å². The summed E-state index contributed by atoms with van der Waals surface area (Å²) in [6.45, 7) is 10.7. The molecule has 0 bridgehead atoms. The van der Waals surface area contributed by atoms with Gasteiger partial charge in [-0.1, -0.05) is 87.4 Å². The average molecular weight is 735 g/mol. The molecule has 284 valence electrons. The maximum absolute atomic E-state index is 14.2. The number of esters is 2. The topological polar surface area (TPSA) is 142 Å². The molecule has 1 fully saturated rings. The number of hydrogen-bond donors (Lipinski definition) is 0. The Balaban J connectivity index is 2.08. The van der Waals surface area contributed by atoms with Crippen molar-refractivity contribution in [3.8, 4) is 0 Å². The summed E-state index contributed by atoms with van der Waals surface area (Å²) in [7, 11) is -4.32. The zero-order valence-corrected chi connectivity index (χ0v) is 31.7. The van der Waals surface area contributed by atoms with Crippen molar-refractivity contribution < 1.29 is 56.2 Å². The molecule has 2 aromatic carbocycles. The molecular weight excluding hydrogens is 679 g/mol. The van der Waals surface area contributed by atoms with Gasteiger partial charge in [0.25, 0.3) is 0 Å². The second-order valence-electron chi connectivity index (χ2n) is 13.5. The van der Waals surface area contributed by atoms with Gasteiger partial charge in [0.15, 0.2) is 12.2 Å². The second-order valence-corrected chi connectivity index (χ2v) is 15.1. The molecule has 1 saturated heterocycles. The van der Waals surface area contributed by atoms with Gasteiger partial charge in [0.05, 0.1) is 44.9 Å². The summed E-state index contributed by atoms with van der Waals surface area (Å²) >= 11 is 0. The monoisotopic (exact) mass is 734 g/mol. The SMILES string of the molecule is CCCCOP(=O)(OCCCC)O[C@@H]1O[C@H](COCc2ccccc2)[C@H](OCc2ccccc2)[C@H](OC(=O)CCC(C)=O)[C@H]1OC(=O)C(C)(C)C. The first-order valence-corrected chi connectivity index (χ1v) is 19.2. The number of hydrogen-bond acceptors (Lipinski definition) is 12. The number of benzene rings is 2. The van der Waals surface area contributed by atoms with Crippen LogP contribution >= 0.6 is 7.82 Å². The minimum absolute atomic E-state index is 0.0562. The quantitative estimate of drug-likeness (QED) is 0.0671. The third-order valence-electron chi connectivity index (χ3n) is 7.80. The lowest BCUT2D eigenvalue weighted by Gasteiger charge is -2.45. The Bertz CT molecular complexity index is 1370. The van der Waals surface area contributed by atoms with Crippen molar-refractivity contribution in [2.24, 2.45) is 5.41 Å². The van der Waals surface area contributed by atoms with E-state index >= 15 is 0 Å². The lowest BCUT2D eigenvalue weighted by Crippen LogP contribution is -2.62. The van der Waals surface area contributed by atoms with E-state index in [4.69, 9.17) is 37.3 Å². The molecular formula is C38H55O12P. The van der Waals surface area contributed by atoms with Crippen molar-refractivity contribution in [3.05, 3.63) is 71.8 Å². The van der Waals surface area contributed by atoms with Crippen molar-refractivity contribution in [2.45, 2.75) is 124 Å². The molecule has 0 amide bonds. The minimum Gasteiger partial charge on any atom is -0.455 e. The molecule has 2 aromatic rings. The van der Waals surface area contributed by atoms with Crippen LogP contribution in [-0.4, -0.2) is 68.2 Å². The van der Waals surface area contributed by atoms with Gasteiger partial charge in [-0.2, -0.15) is 0 Å². The predicted molar refractivity (Wildman–Crippen MR) is 189 cm³/mol. The molecule has 0 unspecified atom stereocenters. The van der Waals surface area contributed by atoms with E-state index in [9.17, 15) is 18.9 Å². The molecule has 13 heteroatoms.